The highest BCUT2D eigenvalue weighted by Crippen LogP contribution is 2.38. The van der Waals surface area contributed by atoms with Crippen LogP contribution in [0.1, 0.15) is 51.6 Å². The van der Waals surface area contributed by atoms with Crippen LogP contribution in [0.2, 0.25) is 5.02 Å². The van der Waals surface area contributed by atoms with Crippen molar-refractivity contribution in [2.24, 2.45) is 5.92 Å². The van der Waals surface area contributed by atoms with Gasteiger partial charge in [0.05, 0.1) is 18.2 Å². The lowest BCUT2D eigenvalue weighted by molar-refractivity contribution is 0.202. The van der Waals surface area contributed by atoms with Gasteiger partial charge in [-0.25, -0.2) is 4.79 Å². The summed E-state index contributed by atoms with van der Waals surface area (Å²) in [5, 5.41) is 7.96. The van der Waals surface area contributed by atoms with E-state index < -0.39 is 6.04 Å². The van der Waals surface area contributed by atoms with Crippen molar-refractivity contribution in [3.8, 4) is 17.1 Å². The van der Waals surface area contributed by atoms with Gasteiger partial charge in [0.25, 0.3) is 5.89 Å². The molecular weight excluding hydrogens is 452 g/mol. The lowest BCUT2D eigenvalue weighted by Crippen LogP contribution is -2.46. The Hall–Kier alpha value is -3.32. The number of urea groups is 1. The van der Waals surface area contributed by atoms with Crippen molar-refractivity contribution in [2.75, 3.05) is 13.2 Å². The van der Waals surface area contributed by atoms with Crippen molar-refractivity contribution in [3.05, 3.63) is 70.7 Å². The van der Waals surface area contributed by atoms with Crippen LogP contribution in [0.4, 0.5) is 4.79 Å². The van der Waals surface area contributed by atoms with Crippen LogP contribution in [-0.4, -0.2) is 34.2 Å². The molecule has 34 heavy (non-hydrogen) atoms. The summed E-state index contributed by atoms with van der Waals surface area (Å²) in [6, 6.07) is 14.4. The topological polar surface area (TPSA) is 80.5 Å². The first-order chi connectivity index (χ1) is 16.4. The van der Waals surface area contributed by atoms with Crippen molar-refractivity contribution in [1.82, 2.24) is 20.4 Å². The van der Waals surface area contributed by atoms with E-state index in [2.05, 4.69) is 24.3 Å². The highest BCUT2D eigenvalue weighted by molar-refractivity contribution is 6.30. The van der Waals surface area contributed by atoms with Gasteiger partial charge >= 0.3 is 6.03 Å². The molecule has 1 N–H and O–H groups in total. The number of nitrogens with one attached hydrogen (secondary N) is 1. The number of hydrogen-bond acceptors (Lipinski definition) is 5. The van der Waals surface area contributed by atoms with Crippen LogP contribution in [0.3, 0.4) is 0 Å². The summed E-state index contributed by atoms with van der Waals surface area (Å²) < 4.78 is 11.3. The third kappa shape index (κ3) is 5.09. The fourth-order valence-corrected chi connectivity index (χ4v) is 4.06. The summed E-state index contributed by atoms with van der Waals surface area (Å²) in [6.07, 6.45) is 0.880. The molecule has 2 amide bonds. The van der Waals surface area contributed by atoms with Crippen LogP contribution in [0, 0.1) is 5.92 Å². The van der Waals surface area contributed by atoms with Crippen molar-refractivity contribution in [1.29, 1.82) is 0 Å². The average molecular weight is 481 g/mol. The number of carbonyl (C=O) groups is 1. The van der Waals surface area contributed by atoms with Gasteiger partial charge in [-0.1, -0.05) is 42.7 Å². The Morgan fingerprint density at radius 3 is 2.50 bits per heavy atom. The molecule has 1 aliphatic heterocycles. The summed E-state index contributed by atoms with van der Waals surface area (Å²) >= 11 is 6.10. The van der Waals surface area contributed by atoms with Gasteiger partial charge in [-0.3, -0.25) is 4.90 Å². The molecule has 0 radical (unpaired) electrons. The maximum Gasteiger partial charge on any atom is 0.322 e. The van der Waals surface area contributed by atoms with E-state index in [1.54, 1.807) is 17.0 Å². The highest BCUT2D eigenvalue weighted by atomic mass is 35.5. The van der Waals surface area contributed by atoms with Crippen molar-refractivity contribution in [2.45, 2.75) is 40.2 Å². The number of benzene rings is 2. The average Bonchev–Trinajstić information content (AvgIpc) is 3.29. The zero-order valence-corrected chi connectivity index (χ0v) is 20.6. The van der Waals surface area contributed by atoms with Crippen LogP contribution < -0.4 is 10.1 Å². The van der Waals surface area contributed by atoms with Crippen LogP contribution in [0.25, 0.3) is 17.0 Å². The molecule has 3 aromatic rings. The number of rotatable bonds is 8. The number of nitrogens with zero attached hydrogens (tertiary/aromatic N) is 3. The molecule has 7 nitrogen and oxygen atoms in total. The Kier molecular flexibility index (Phi) is 7.22. The summed E-state index contributed by atoms with van der Waals surface area (Å²) in [4.78, 5) is 19.5. The molecule has 178 valence electrons. The molecule has 1 aliphatic rings. The molecule has 4 rings (SSSR count). The molecule has 0 bridgehead atoms. The molecule has 2 heterocycles. The third-order valence-electron chi connectivity index (χ3n) is 5.81. The van der Waals surface area contributed by atoms with Crippen LogP contribution in [-0.2, 0) is 0 Å². The van der Waals surface area contributed by atoms with E-state index >= 15 is 0 Å². The van der Waals surface area contributed by atoms with E-state index in [4.69, 9.17) is 25.8 Å². The smallest absolute Gasteiger partial charge is 0.322 e. The summed E-state index contributed by atoms with van der Waals surface area (Å²) in [5.74, 6) is 2.09. The van der Waals surface area contributed by atoms with Gasteiger partial charge in [0.2, 0.25) is 5.82 Å². The first-order valence-electron chi connectivity index (χ1n) is 11.5. The second kappa shape index (κ2) is 10.3. The molecule has 0 saturated heterocycles. The maximum absolute atomic E-state index is 13.0. The Morgan fingerprint density at radius 1 is 1.15 bits per heavy atom. The van der Waals surface area contributed by atoms with Gasteiger partial charge in [-0.2, -0.15) is 4.98 Å². The predicted octanol–water partition coefficient (Wildman–Crippen LogP) is 6.33. The Bertz CT molecular complexity index is 1170. The van der Waals surface area contributed by atoms with E-state index in [1.807, 2.05) is 50.2 Å². The zero-order valence-electron chi connectivity index (χ0n) is 19.8. The largest absolute Gasteiger partial charge is 0.494 e. The van der Waals surface area contributed by atoms with Crippen molar-refractivity contribution < 1.29 is 14.1 Å². The molecule has 0 saturated carbocycles. The number of halogens is 1. The van der Waals surface area contributed by atoms with Gasteiger partial charge in [0.1, 0.15) is 5.75 Å². The number of aromatic nitrogens is 2. The summed E-state index contributed by atoms with van der Waals surface area (Å²) in [5.41, 5.74) is 3.27. The molecular formula is C26H29ClN4O3. The number of carbonyl (C=O) groups excluding carboxylic acids is 1. The number of allylic oxidation sites excluding steroid dienone is 1. The van der Waals surface area contributed by atoms with Crippen LogP contribution >= 0.6 is 11.6 Å². The molecule has 2 aromatic carbocycles. The molecule has 1 atom stereocenters. The third-order valence-corrected chi connectivity index (χ3v) is 6.06. The maximum atomic E-state index is 13.0. The Morgan fingerprint density at radius 2 is 1.85 bits per heavy atom. The summed E-state index contributed by atoms with van der Waals surface area (Å²) in [6.45, 7) is 9.35. The minimum absolute atomic E-state index is 0.145. The van der Waals surface area contributed by atoms with Gasteiger partial charge < -0.3 is 14.6 Å². The van der Waals surface area contributed by atoms with Gasteiger partial charge in [-0.15, -0.1) is 0 Å². The number of hydrogen-bond donors (Lipinski definition) is 1. The molecule has 0 spiro atoms. The minimum atomic E-state index is -0.436. The molecule has 0 aliphatic carbocycles. The second-order valence-corrected chi connectivity index (χ2v) is 9.08. The molecule has 1 unspecified atom stereocenters. The highest BCUT2D eigenvalue weighted by Gasteiger charge is 2.35. The van der Waals surface area contributed by atoms with Gasteiger partial charge in [-0.05, 0) is 68.1 Å². The molecule has 0 fully saturated rings. The first-order valence-corrected chi connectivity index (χ1v) is 11.9. The van der Waals surface area contributed by atoms with Gasteiger partial charge in [0, 0.05) is 22.8 Å². The van der Waals surface area contributed by atoms with E-state index in [-0.39, 0.29) is 6.03 Å². The monoisotopic (exact) mass is 480 g/mol. The first kappa shape index (κ1) is 23.8. The lowest BCUT2D eigenvalue weighted by Gasteiger charge is -2.35. The lowest BCUT2D eigenvalue weighted by atomic mass is 9.94. The quantitative estimate of drug-likeness (QED) is 0.407. The summed E-state index contributed by atoms with van der Waals surface area (Å²) in [7, 11) is 0. The Balaban J connectivity index is 1.73. The van der Waals surface area contributed by atoms with Crippen molar-refractivity contribution in [3.63, 3.8) is 0 Å². The molecule has 1 aromatic heterocycles. The van der Waals surface area contributed by atoms with Crippen LogP contribution in [0.5, 0.6) is 5.75 Å². The minimum Gasteiger partial charge on any atom is -0.494 e. The van der Waals surface area contributed by atoms with E-state index in [0.717, 1.165) is 34.6 Å². The van der Waals surface area contributed by atoms with Crippen LogP contribution in [0.15, 0.2) is 58.8 Å². The van der Waals surface area contributed by atoms with E-state index in [9.17, 15) is 4.79 Å². The zero-order chi connectivity index (χ0) is 24.2. The standard InChI is InChI=1S/C26H29ClN4O3/c1-5-33-21-12-8-19(9-13-21)24-29-25(34-30-24)22-17(4)31(15-14-16(2)3)26(32)28-23(22)18-6-10-20(27)11-7-18/h6-13,16,23H,5,14-15H2,1-4H3,(H,28,32). The fraction of sp³-hybridized carbons (Fsp3) is 0.346. The second-order valence-electron chi connectivity index (χ2n) is 8.65. The number of amides is 2. The normalized spacial score (nSPS) is 16.2. The van der Waals surface area contributed by atoms with E-state index in [0.29, 0.717) is 35.8 Å². The van der Waals surface area contributed by atoms with E-state index in [1.165, 1.54) is 0 Å². The predicted molar refractivity (Wildman–Crippen MR) is 132 cm³/mol. The Labute approximate surface area is 204 Å². The fourth-order valence-electron chi connectivity index (χ4n) is 3.94. The number of ether oxygens (including phenoxy) is 1. The SMILES string of the molecule is CCOc1ccc(-c2noc(C3=C(C)N(CCC(C)C)C(=O)NC3c3ccc(Cl)cc3)n2)cc1. The van der Waals surface area contributed by atoms with Crippen molar-refractivity contribution >= 4 is 23.2 Å². The molecule has 8 heteroatoms. The van der Waals surface area contributed by atoms with Gasteiger partial charge in [0.15, 0.2) is 0 Å².